The van der Waals surface area contributed by atoms with Gasteiger partial charge in [0, 0.05) is 14.2 Å². The summed E-state index contributed by atoms with van der Waals surface area (Å²) in [5.74, 6) is 0.589. The van der Waals surface area contributed by atoms with Crippen molar-refractivity contribution < 1.29 is 5.11 Å². The maximum atomic E-state index is 9.95. The monoisotopic (exact) mass is 276 g/mol. The van der Waals surface area contributed by atoms with Crippen molar-refractivity contribution in [2.45, 2.75) is 39.7 Å². The predicted octanol–water partition coefficient (Wildman–Crippen LogP) is 4.29. The lowest BCUT2D eigenvalue weighted by Crippen LogP contribution is -2.01. The summed E-state index contributed by atoms with van der Waals surface area (Å²) in [6.07, 6.45) is 1.70. The molecule has 0 radical (unpaired) electrons. The Labute approximate surface area is 98.3 Å². The highest BCUT2D eigenvalue weighted by atomic mass is 79.9. The fourth-order valence-electron chi connectivity index (χ4n) is 1.31. The molecule has 1 aromatic heterocycles. The third kappa shape index (κ3) is 3.07. The molecule has 0 aromatic carbocycles. The summed E-state index contributed by atoms with van der Waals surface area (Å²) in [5.41, 5.74) is 0. The van der Waals surface area contributed by atoms with Crippen molar-refractivity contribution in [2.75, 3.05) is 0 Å². The van der Waals surface area contributed by atoms with Crippen molar-refractivity contribution in [3.8, 4) is 0 Å². The van der Waals surface area contributed by atoms with Crippen molar-refractivity contribution in [2.24, 2.45) is 5.92 Å². The van der Waals surface area contributed by atoms with Crippen LogP contribution in [0.25, 0.3) is 0 Å². The van der Waals surface area contributed by atoms with Gasteiger partial charge >= 0.3 is 0 Å². The zero-order valence-corrected chi connectivity index (χ0v) is 11.3. The van der Waals surface area contributed by atoms with Crippen LogP contribution >= 0.6 is 27.3 Å². The maximum Gasteiger partial charge on any atom is 0.0885 e. The molecule has 1 aromatic rings. The smallest absolute Gasteiger partial charge is 0.0885 e. The molecule has 2 unspecified atom stereocenters. The molecule has 0 aliphatic carbocycles. The van der Waals surface area contributed by atoms with Crippen molar-refractivity contribution in [3.63, 3.8) is 0 Å². The first-order valence-corrected chi connectivity index (χ1v) is 6.59. The van der Waals surface area contributed by atoms with Crippen LogP contribution in [-0.4, -0.2) is 5.11 Å². The van der Waals surface area contributed by atoms with Gasteiger partial charge in [0.05, 0.1) is 6.10 Å². The van der Waals surface area contributed by atoms with Gasteiger partial charge in [-0.25, -0.2) is 0 Å². The minimum atomic E-state index is -0.292. The molecule has 80 valence electrons. The number of thiophene rings is 1. The SMILES string of the molecule is CCC(C)CC(O)c1cc(Br)c(C)s1. The van der Waals surface area contributed by atoms with E-state index in [1.807, 2.05) is 6.07 Å². The Balaban J connectivity index is 2.64. The summed E-state index contributed by atoms with van der Waals surface area (Å²) in [4.78, 5) is 2.32. The lowest BCUT2D eigenvalue weighted by atomic mass is 10.0. The Hall–Kier alpha value is 0.140. The summed E-state index contributed by atoms with van der Waals surface area (Å²) in [6, 6.07) is 2.03. The van der Waals surface area contributed by atoms with Gasteiger partial charge in [-0.05, 0) is 41.3 Å². The molecular formula is C11H17BrOS. The third-order valence-corrected chi connectivity index (χ3v) is 4.77. The second-order valence-corrected chi connectivity index (χ2v) is 5.96. The Morgan fingerprint density at radius 2 is 2.21 bits per heavy atom. The quantitative estimate of drug-likeness (QED) is 0.870. The molecule has 1 N–H and O–H groups in total. The van der Waals surface area contributed by atoms with E-state index in [2.05, 4.69) is 36.7 Å². The van der Waals surface area contributed by atoms with Gasteiger partial charge in [-0.15, -0.1) is 11.3 Å². The Bertz CT molecular complexity index is 276. The molecule has 14 heavy (non-hydrogen) atoms. The van der Waals surface area contributed by atoms with E-state index in [1.165, 1.54) is 4.88 Å². The fraction of sp³-hybridized carbons (Fsp3) is 0.636. The molecule has 0 saturated heterocycles. The minimum absolute atomic E-state index is 0.292. The molecule has 3 heteroatoms. The van der Waals surface area contributed by atoms with Crippen LogP contribution in [0, 0.1) is 12.8 Å². The highest BCUT2D eigenvalue weighted by Crippen LogP contribution is 2.33. The van der Waals surface area contributed by atoms with Gasteiger partial charge in [0.25, 0.3) is 0 Å². The van der Waals surface area contributed by atoms with Gasteiger partial charge in [-0.3, -0.25) is 0 Å². The minimum Gasteiger partial charge on any atom is -0.388 e. The zero-order chi connectivity index (χ0) is 10.7. The lowest BCUT2D eigenvalue weighted by molar-refractivity contribution is 0.150. The molecule has 2 atom stereocenters. The van der Waals surface area contributed by atoms with E-state index < -0.39 is 0 Å². The Morgan fingerprint density at radius 1 is 1.57 bits per heavy atom. The summed E-state index contributed by atoms with van der Waals surface area (Å²) in [5, 5.41) is 9.95. The fourth-order valence-corrected chi connectivity index (χ4v) is 2.87. The molecule has 1 nitrogen and oxygen atoms in total. The number of aryl methyl sites for hydroxylation is 1. The van der Waals surface area contributed by atoms with E-state index in [0.29, 0.717) is 5.92 Å². The van der Waals surface area contributed by atoms with Gasteiger partial charge in [0.2, 0.25) is 0 Å². The molecule has 1 rings (SSSR count). The topological polar surface area (TPSA) is 20.2 Å². The third-order valence-electron chi connectivity index (χ3n) is 2.53. The van der Waals surface area contributed by atoms with Crippen LogP contribution in [0.5, 0.6) is 0 Å². The number of aliphatic hydroxyl groups excluding tert-OH is 1. The van der Waals surface area contributed by atoms with Gasteiger partial charge in [0.1, 0.15) is 0 Å². The largest absolute Gasteiger partial charge is 0.388 e. The second kappa shape index (κ2) is 5.29. The standard InChI is InChI=1S/C11H17BrOS/c1-4-7(2)5-10(13)11-6-9(12)8(3)14-11/h6-7,10,13H,4-5H2,1-3H3. The molecule has 0 bridgehead atoms. The average molecular weight is 277 g/mol. The predicted molar refractivity (Wildman–Crippen MR) is 65.8 cm³/mol. The van der Waals surface area contributed by atoms with Crippen LogP contribution in [0.1, 0.15) is 42.5 Å². The van der Waals surface area contributed by atoms with E-state index in [4.69, 9.17) is 0 Å². The first-order chi connectivity index (χ1) is 6.54. The number of hydrogen-bond donors (Lipinski definition) is 1. The van der Waals surface area contributed by atoms with Gasteiger partial charge in [-0.1, -0.05) is 20.3 Å². The Kier molecular flexibility index (Phi) is 4.61. The zero-order valence-electron chi connectivity index (χ0n) is 8.88. The Morgan fingerprint density at radius 3 is 2.64 bits per heavy atom. The van der Waals surface area contributed by atoms with Gasteiger partial charge < -0.3 is 5.11 Å². The van der Waals surface area contributed by atoms with E-state index >= 15 is 0 Å². The van der Waals surface area contributed by atoms with Crippen LogP contribution in [-0.2, 0) is 0 Å². The molecule has 0 aliphatic heterocycles. The number of hydrogen-bond acceptors (Lipinski definition) is 2. The average Bonchev–Trinajstić information content (AvgIpc) is 2.47. The van der Waals surface area contributed by atoms with E-state index in [-0.39, 0.29) is 6.10 Å². The summed E-state index contributed by atoms with van der Waals surface area (Å²) in [6.45, 7) is 6.40. The van der Waals surface area contributed by atoms with E-state index in [0.717, 1.165) is 22.2 Å². The molecule has 0 saturated carbocycles. The van der Waals surface area contributed by atoms with Crippen LogP contribution < -0.4 is 0 Å². The first kappa shape index (κ1) is 12.2. The number of halogens is 1. The maximum absolute atomic E-state index is 9.95. The molecule has 0 aliphatic rings. The van der Waals surface area contributed by atoms with Gasteiger partial charge in [0.15, 0.2) is 0 Å². The highest BCUT2D eigenvalue weighted by molar-refractivity contribution is 9.10. The molecule has 0 fully saturated rings. The molecular weight excluding hydrogens is 260 g/mol. The summed E-state index contributed by atoms with van der Waals surface area (Å²) >= 11 is 5.15. The highest BCUT2D eigenvalue weighted by Gasteiger charge is 2.14. The molecule has 0 spiro atoms. The number of rotatable bonds is 4. The molecule has 0 amide bonds. The van der Waals surface area contributed by atoms with Crippen molar-refractivity contribution in [1.29, 1.82) is 0 Å². The van der Waals surface area contributed by atoms with E-state index in [9.17, 15) is 5.11 Å². The summed E-state index contributed by atoms with van der Waals surface area (Å²) < 4.78 is 1.11. The van der Waals surface area contributed by atoms with Crippen molar-refractivity contribution >= 4 is 27.3 Å². The van der Waals surface area contributed by atoms with Crippen LogP contribution in [0.4, 0.5) is 0 Å². The normalized spacial score (nSPS) is 15.5. The lowest BCUT2D eigenvalue weighted by Gasteiger charge is -2.13. The molecule has 1 heterocycles. The van der Waals surface area contributed by atoms with E-state index in [1.54, 1.807) is 11.3 Å². The van der Waals surface area contributed by atoms with Crippen molar-refractivity contribution in [3.05, 3.63) is 20.3 Å². The van der Waals surface area contributed by atoms with Gasteiger partial charge in [-0.2, -0.15) is 0 Å². The number of aliphatic hydroxyl groups is 1. The van der Waals surface area contributed by atoms with Crippen LogP contribution in [0.2, 0.25) is 0 Å². The summed E-state index contributed by atoms with van der Waals surface area (Å²) in [7, 11) is 0. The van der Waals surface area contributed by atoms with Crippen LogP contribution in [0.3, 0.4) is 0 Å². The van der Waals surface area contributed by atoms with Crippen LogP contribution in [0.15, 0.2) is 10.5 Å². The first-order valence-electron chi connectivity index (χ1n) is 4.98. The second-order valence-electron chi connectivity index (χ2n) is 3.82. The van der Waals surface area contributed by atoms with Crippen molar-refractivity contribution in [1.82, 2.24) is 0 Å².